The first-order valence-corrected chi connectivity index (χ1v) is 13.5. The van der Waals surface area contributed by atoms with Crippen LogP contribution in [-0.2, 0) is 4.74 Å². The van der Waals surface area contributed by atoms with Crippen molar-refractivity contribution in [2.24, 2.45) is 11.8 Å². The lowest BCUT2D eigenvalue weighted by Gasteiger charge is -2.29. The number of anilines is 4. The van der Waals surface area contributed by atoms with Gasteiger partial charge in [-0.1, -0.05) is 19.9 Å². The number of piperidine rings is 1. The van der Waals surface area contributed by atoms with E-state index in [1.54, 1.807) is 6.20 Å². The zero-order valence-electron chi connectivity index (χ0n) is 22.0. The normalized spacial score (nSPS) is 21.6. The Hall–Kier alpha value is -3.26. The molecule has 0 aliphatic carbocycles. The van der Waals surface area contributed by atoms with E-state index in [1.165, 1.54) is 19.0 Å². The minimum absolute atomic E-state index is 0.287. The van der Waals surface area contributed by atoms with Crippen molar-refractivity contribution in [3.63, 3.8) is 0 Å². The molecular formula is C27H39N9O. The Labute approximate surface area is 220 Å². The largest absolute Gasteiger partial charge is 0.383 e. The lowest BCUT2D eigenvalue weighted by Crippen LogP contribution is -2.40. The molecule has 37 heavy (non-hydrogen) atoms. The second-order valence-electron chi connectivity index (χ2n) is 9.37. The van der Waals surface area contributed by atoms with E-state index in [4.69, 9.17) is 10.00 Å². The molecule has 5 heterocycles. The van der Waals surface area contributed by atoms with Crippen molar-refractivity contribution in [2.75, 3.05) is 74.6 Å². The second-order valence-corrected chi connectivity index (χ2v) is 9.37. The molecule has 0 spiro atoms. The number of nitrogens with zero attached hydrogens (tertiary/aromatic N) is 6. The average molecular weight is 506 g/mol. The van der Waals surface area contributed by atoms with Gasteiger partial charge in [-0.3, -0.25) is 4.90 Å². The van der Waals surface area contributed by atoms with Gasteiger partial charge in [0.1, 0.15) is 17.7 Å². The van der Waals surface area contributed by atoms with Crippen molar-refractivity contribution in [2.45, 2.75) is 26.7 Å². The maximum Gasteiger partial charge on any atom is 0.158 e. The van der Waals surface area contributed by atoms with E-state index >= 15 is 0 Å². The third-order valence-electron chi connectivity index (χ3n) is 6.76. The van der Waals surface area contributed by atoms with Crippen LogP contribution in [-0.4, -0.2) is 78.9 Å². The van der Waals surface area contributed by atoms with Crippen LogP contribution < -0.4 is 20.9 Å². The molecule has 0 amide bonds. The summed E-state index contributed by atoms with van der Waals surface area (Å²) in [6.07, 6.45) is 11.9. The number of hydrogen-bond donors (Lipinski definition) is 3. The Morgan fingerprint density at radius 3 is 2.70 bits per heavy atom. The molecule has 3 aliphatic rings. The molecule has 2 saturated heterocycles. The standard InChI is InChI=1S/C25H33N9O.C2H6/c26-11-21-14-30-25(16-28-21)32-24-10-22(29-13-19-2-1-4-27-12-19)23(15-31-24)34-5-3-20(18-34)17-33-6-8-35-9-7-33;1-2/h3,5,10,14-16,19-20,27H,1-2,4,6-9,12-13,17-18H2,(H2,29,30,31,32);1-2H3. The van der Waals surface area contributed by atoms with Gasteiger partial charge in [-0.2, -0.15) is 5.26 Å². The third-order valence-corrected chi connectivity index (χ3v) is 6.76. The first-order chi connectivity index (χ1) is 18.3. The molecule has 0 bridgehead atoms. The summed E-state index contributed by atoms with van der Waals surface area (Å²) in [4.78, 5) is 17.8. The summed E-state index contributed by atoms with van der Waals surface area (Å²) in [6.45, 7) is 12.7. The van der Waals surface area contributed by atoms with Crippen LogP contribution in [0.15, 0.2) is 36.9 Å². The fraction of sp³-hybridized carbons (Fsp3) is 0.556. The number of pyridine rings is 1. The molecule has 3 aliphatic heterocycles. The lowest BCUT2D eigenvalue weighted by atomic mass is 10.00. The Balaban J connectivity index is 0.00000156. The second kappa shape index (κ2) is 13.9. The van der Waals surface area contributed by atoms with Gasteiger partial charge in [-0.15, -0.1) is 0 Å². The van der Waals surface area contributed by atoms with Crippen molar-refractivity contribution in [1.82, 2.24) is 25.2 Å². The molecular weight excluding hydrogens is 466 g/mol. The molecule has 2 atom stereocenters. The monoisotopic (exact) mass is 505 g/mol. The van der Waals surface area contributed by atoms with E-state index in [0.29, 0.717) is 23.5 Å². The minimum atomic E-state index is 0.287. The fourth-order valence-electron chi connectivity index (χ4n) is 4.83. The van der Waals surface area contributed by atoms with Gasteiger partial charge >= 0.3 is 0 Å². The summed E-state index contributed by atoms with van der Waals surface area (Å²) < 4.78 is 5.49. The predicted molar refractivity (Wildman–Crippen MR) is 147 cm³/mol. The Morgan fingerprint density at radius 1 is 1.14 bits per heavy atom. The van der Waals surface area contributed by atoms with Crippen LogP contribution in [0.25, 0.3) is 0 Å². The summed E-state index contributed by atoms with van der Waals surface area (Å²) in [7, 11) is 0. The number of nitriles is 1. The molecule has 0 radical (unpaired) electrons. The van der Waals surface area contributed by atoms with Gasteiger partial charge in [-0.25, -0.2) is 15.0 Å². The lowest BCUT2D eigenvalue weighted by molar-refractivity contribution is 0.0341. The SMILES string of the molecule is CC.N#Cc1cnc(Nc2cc(NCC3CCCNC3)c(N3C=CC(CN4CCOCC4)C3)cn2)cn1. The molecule has 0 aromatic carbocycles. The molecule has 0 saturated carbocycles. The number of nitrogens with one attached hydrogen (secondary N) is 3. The summed E-state index contributed by atoms with van der Waals surface area (Å²) in [5, 5.41) is 19.4. The summed E-state index contributed by atoms with van der Waals surface area (Å²) in [5.41, 5.74) is 2.41. The van der Waals surface area contributed by atoms with Crippen LogP contribution in [0.2, 0.25) is 0 Å². The molecule has 10 nitrogen and oxygen atoms in total. The Kier molecular flexibility index (Phi) is 10.1. The molecule has 2 aromatic rings. The Bertz CT molecular complexity index is 1040. The maximum atomic E-state index is 8.95. The zero-order chi connectivity index (χ0) is 25.9. The van der Waals surface area contributed by atoms with Crippen molar-refractivity contribution in [3.05, 3.63) is 42.6 Å². The minimum Gasteiger partial charge on any atom is -0.383 e. The van der Waals surface area contributed by atoms with Crippen LogP contribution in [0.1, 0.15) is 32.4 Å². The maximum absolute atomic E-state index is 8.95. The van der Waals surface area contributed by atoms with Gasteiger partial charge < -0.3 is 25.6 Å². The van der Waals surface area contributed by atoms with E-state index in [2.05, 4.69) is 53.0 Å². The van der Waals surface area contributed by atoms with E-state index in [0.717, 1.165) is 70.4 Å². The summed E-state index contributed by atoms with van der Waals surface area (Å²) >= 11 is 0. The van der Waals surface area contributed by atoms with E-state index in [1.807, 2.05) is 32.2 Å². The topological polar surface area (TPSA) is 114 Å². The van der Waals surface area contributed by atoms with Crippen LogP contribution in [0.4, 0.5) is 23.0 Å². The molecule has 10 heteroatoms. The Morgan fingerprint density at radius 2 is 1.97 bits per heavy atom. The molecule has 2 aromatic heterocycles. The van der Waals surface area contributed by atoms with E-state index in [9.17, 15) is 0 Å². The smallest absolute Gasteiger partial charge is 0.158 e. The van der Waals surface area contributed by atoms with Crippen molar-refractivity contribution in [3.8, 4) is 6.07 Å². The first kappa shape index (κ1) is 26.8. The quantitative estimate of drug-likeness (QED) is 0.494. The number of hydrogen-bond acceptors (Lipinski definition) is 10. The van der Waals surface area contributed by atoms with Gasteiger partial charge in [0, 0.05) is 50.9 Å². The third kappa shape index (κ3) is 7.61. The van der Waals surface area contributed by atoms with Crippen LogP contribution in [0.5, 0.6) is 0 Å². The van der Waals surface area contributed by atoms with Crippen LogP contribution in [0, 0.1) is 23.2 Å². The highest BCUT2D eigenvalue weighted by molar-refractivity contribution is 5.75. The highest BCUT2D eigenvalue weighted by Crippen LogP contribution is 2.32. The van der Waals surface area contributed by atoms with E-state index < -0.39 is 0 Å². The van der Waals surface area contributed by atoms with Gasteiger partial charge in [0.15, 0.2) is 5.69 Å². The van der Waals surface area contributed by atoms with Gasteiger partial charge in [-0.05, 0) is 31.8 Å². The van der Waals surface area contributed by atoms with E-state index in [-0.39, 0.29) is 5.69 Å². The fourth-order valence-corrected chi connectivity index (χ4v) is 4.83. The highest BCUT2D eigenvalue weighted by Gasteiger charge is 2.23. The summed E-state index contributed by atoms with van der Waals surface area (Å²) in [6, 6.07) is 4.03. The van der Waals surface area contributed by atoms with Crippen molar-refractivity contribution >= 4 is 23.0 Å². The van der Waals surface area contributed by atoms with Gasteiger partial charge in [0.05, 0.1) is 43.2 Å². The number of aromatic nitrogens is 3. The highest BCUT2D eigenvalue weighted by atomic mass is 16.5. The van der Waals surface area contributed by atoms with Gasteiger partial charge in [0.25, 0.3) is 0 Å². The number of rotatable bonds is 8. The predicted octanol–water partition coefficient (Wildman–Crippen LogP) is 3.21. The number of morpholine rings is 1. The average Bonchev–Trinajstić information content (AvgIpc) is 3.43. The summed E-state index contributed by atoms with van der Waals surface area (Å²) in [5.74, 6) is 2.33. The van der Waals surface area contributed by atoms with Crippen molar-refractivity contribution < 1.29 is 4.74 Å². The molecule has 5 rings (SSSR count). The van der Waals surface area contributed by atoms with Gasteiger partial charge in [0.2, 0.25) is 0 Å². The van der Waals surface area contributed by atoms with Crippen LogP contribution in [0.3, 0.4) is 0 Å². The van der Waals surface area contributed by atoms with Crippen molar-refractivity contribution in [1.29, 1.82) is 5.26 Å². The molecule has 2 unspecified atom stereocenters. The zero-order valence-corrected chi connectivity index (χ0v) is 22.0. The number of ether oxygens (including phenoxy) is 1. The molecule has 2 fully saturated rings. The molecule has 3 N–H and O–H groups in total. The van der Waals surface area contributed by atoms with Crippen LogP contribution >= 0.6 is 0 Å². The first-order valence-electron chi connectivity index (χ1n) is 13.5. The molecule has 198 valence electrons.